The molecule has 1 aromatic heterocycles. The average molecular weight is 658 g/mol. The van der Waals surface area contributed by atoms with Crippen LogP contribution in [0.5, 0.6) is 17.2 Å². The smallest absolute Gasteiger partial charge is 0.301 e. The summed E-state index contributed by atoms with van der Waals surface area (Å²) in [5.41, 5.74) is 4.20. The van der Waals surface area contributed by atoms with E-state index in [-0.39, 0.29) is 22.6 Å². The lowest BCUT2D eigenvalue weighted by Gasteiger charge is -2.23. The fraction of sp³-hybridized carbons (Fsp3) is 0.314. The lowest BCUT2D eigenvalue weighted by atomic mass is 9.94. The molecule has 0 bridgehead atoms. The minimum absolute atomic E-state index is 0.0129. The molecule has 0 spiro atoms. The van der Waals surface area contributed by atoms with Gasteiger partial charge in [0, 0.05) is 17.7 Å². The van der Waals surface area contributed by atoms with Crippen LogP contribution in [0.1, 0.15) is 61.1 Å². The van der Waals surface area contributed by atoms with Crippen molar-refractivity contribution >= 4 is 45.7 Å². The van der Waals surface area contributed by atoms with Crippen LogP contribution in [-0.2, 0) is 21.8 Å². The van der Waals surface area contributed by atoms with Crippen molar-refractivity contribution in [1.29, 1.82) is 0 Å². The molecule has 2 unspecified atom stereocenters. The van der Waals surface area contributed by atoms with E-state index >= 15 is 0 Å². The number of carbonyl (C=O) groups excluding carboxylic acids is 2. The van der Waals surface area contributed by atoms with Gasteiger partial charge in [-0.3, -0.25) is 14.5 Å². The maximum absolute atomic E-state index is 13.8. The van der Waals surface area contributed by atoms with Crippen molar-refractivity contribution in [2.24, 2.45) is 0 Å². The molecule has 1 fully saturated rings. The molecule has 6 rings (SSSR count). The molecule has 1 saturated heterocycles. The largest absolute Gasteiger partial charge is 0.507 e. The molecule has 238 valence electrons. The Morgan fingerprint density at radius 2 is 1.85 bits per heavy atom. The van der Waals surface area contributed by atoms with Gasteiger partial charge in [0.1, 0.15) is 17.6 Å². The Balaban J connectivity index is 1.42. The lowest BCUT2D eigenvalue weighted by Crippen LogP contribution is -2.29. The summed E-state index contributed by atoms with van der Waals surface area (Å²) < 4.78 is 18.3. The third-order valence-corrected chi connectivity index (χ3v) is 9.87. The second-order valence-corrected chi connectivity index (χ2v) is 13.4. The first-order valence-corrected chi connectivity index (χ1v) is 17.1. The van der Waals surface area contributed by atoms with Crippen LogP contribution in [-0.4, -0.2) is 46.3 Å². The first-order chi connectivity index (χ1) is 22.3. The van der Waals surface area contributed by atoms with Crippen LogP contribution in [0.25, 0.3) is 5.76 Å². The first-order valence-electron chi connectivity index (χ1n) is 15.3. The maximum Gasteiger partial charge on any atom is 0.301 e. The van der Waals surface area contributed by atoms with E-state index in [1.54, 1.807) is 30.3 Å². The number of nitrogens with zero attached hydrogens (tertiary/aromatic N) is 3. The summed E-state index contributed by atoms with van der Waals surface area (Å²) in [6.07, 6.45) is 1.51. The minimum Gasteiger partial charge on any atom is -0.507 e. The normalized spacial score (nSPS) is 18.5. The highest BCUT2D eigenvalue weighted by molar-refractivity contribution is 8.00. The summed E-state index contributed by atoms with van der Waals surface area (Å²) in [7, 11) is 0. The quantitative estimate of drug-likeness (QED) is 0.0585. The number of benzene rings is 3. The zero-order chi connectivity index (χ0) is 32.4. The SMILES string of the molecule is CCCOc1ccc(C2/C(=C(\O)c3ccc4c(c3)CC(C)O4)C(=O)C(=O)N2c2nnc(SCc3ccc(C)cc3)s2)cc1OCC. The average Bonchev–Trinajstić information content (AvgIpc) is 3.74. The number of ketones is 1. The maximum atomic E-state index is 13.8. The van der Waals surface area contributed by atoms with Gasteiger partial charge in [-0.25, -0.2) is 0 Å². The molecule has 1 N–H and O–H groups in total. The number of anilines is 1. The van der Waals surface area contributed by atoms with Crippen molar-refractivity contribution in [3.8, 4) is 17.2 Å². The van der Waals surface area contributed by atoms with E-state index < -0.39 is 17.7 Å². The number of aliphatic hydroxyl groups is 1. The Bertz CT molecular complexity index is 1800. The molecule has 3 heterocycles. The molecule has 9 nitrogen and oxygen atoms in total. The standard InChI is InChI=1S/C35H35N3O6S2/c1-5-15-43-27-14-11-23(18-28(27)42-6-2)30-29(31(39)24-12-13-26-25(17-24)16-21(4)44-26)32(40)33(41)38(30)34-36-37-35(46-34)45-19-22-9-7-20(3)8-10-22/h7-14,17-18,21,30,39H,5-6,15-16,19H2,1-4H3/b31-29+. The van der Waals surface area contributed by atoms with Crippen molar-refractivity contribution in [3.05, 3.63) is 94.1 Å². The molecule has 4 aromatic rings. The van der Waals surface area contributed by atoms with Gasteiger partial charge in [0.15, 0.2) is 15.8 Å². The number of aryl methyl sites for hydroxylation is 1. The van der Waals surface area contributed by atoms with E-state index in [1.807, 2.05) is 33.8 Å². The zero-order valence-electron chi connectivity index (χ0n) is 26.1. The van der Waals surface area contributed by atoms with Crippen molar-refractivity contribution in [2.75, 3.05) is 18.1 Å². The van der Waals surface area contributed by atoms with Crippen molar-refractivity contribution in [2.45, 2.75) is 62.8 Å². The number of fused-ring (bicyclic) bond motifs is 1. The Morgan fingerprint density at radius 1 is 1.04 bits per heavy atom. The Morgan fingerprint density at radius 3 is 2.61 bits per heavy atom. The summed E-state index contributed by atoms with van der Waals surface area (Å²) in [4.78, 5) is 28.9. The molecule has 2 aliphatic heterocycles. The number of hydrogen-bond donors (Lipinski definition) is 1. The van der Waals surface area contributed by atoms with Gasteiger partial charge >= 0.3 is 5.91 Å². The van der Waals surface area contributed by atoms with Crippen LogP contribution >= 0.6 is 23.1 Å². The van der Waals surface area contributed by atoms with Gasteiger partial charge in [0.2, 0.25) is 5.13 Å². The number of carbonyl (C=O) groups is 2. The van der Waals surface area contributed by atoms with Crippen LogP contribution in [0.15, 0.2) is 70.6 Å². The molecule has 0 saturated carbocycles. The minimum atomic E-state index is -0.981. The highest BCUT2D eigenvalue weighted by Crippen LogP contribution is 2.46. The van der Waals surface area contributed by atoms with Gasteiger partial charge in [-0.2, -0.15) is 0 Å². The third-order valence-electron chi connectivity index (χ3n) is 7.74. The number of thioether (sulfide) groups is 1. The molecule has 1 amide bonds. The van der Waals surface area contributed by atoms with E-state index in [0.29, 0.717) is 52.4 Å². The fourth-order valence-electron chi connectivity index (χ4n) is 5.55. The topological polar surface area (TPSA) is 111 Å². The molecule has 2 atom stereocenters. The van der Waals surface area contributed by atoms with Gasteiger partial charge in [-0.15, -0.1) is 10.2 Å². The van der Waals surface area contributed by atoms with Crippen LogP contribution in [0.4, 0.5) is 5.13 Å². The number of amides is 1. The lowest BCUT2D eigenvalue weighted by molar-refractivity contribution is -0.132. The number of rotatable bonds is 11. The number of Topliss-reactive ketones (excluding diaryl/α,β-unsaturated/α-hetero) is 1. The predicted molar refractivity (Wildman–Crippen MR) is 179 cm³/mol. The summed E-state index contributed by atoms with van der Waals surface area (Å²) in [6.45, 7) is 8.80. The summed E-state index contributed by atoms with van der Waals surface area (Å²) in [6, 6.07) is 17.9. The third kappa shape index (κ3) is 6.34. The molecule has 3 aromatic carbocycles. The zero-order valence-corrected chi connectivity index (χ0v) is 27.7. The Labute approximate surface area is 276 Å². The van der Waals surface area contributed by atoms with Crippen molar-refractivity contribution in [3.63, 3.8) is 0 Å². The van der Waals surface area contributed by atoms with Gasteiger partial charge in [0.05, 0.1) is 24.8 Å². The molecule has 0 aliphatic carbocycles. The van der Waals surface area contributed by atoms with Crippen LogP contribution in [0.3, 0.4) is 0 Å². The van der Waals surface area contributed by atoms with Gasteiger partial charge in [-0.1, -0.05) is 65.9 Å². The summed E-state index contributed by atoms with van der Waals surface area (Å²) in [5, 5.41) is 20.7. The van der Waals surface area contributed by atoms with E-state index in [0.717, 1.165) is 23.3 Å². The highest BCUT2D eigenvalue weighted by Gasteiger charge is 2.48. The first kappa shape index (κ1) is 31.6. The number of ether oxygens (including phenoxy) is 3. The van der Waals surface area contributed by atoms with Crippen molar-refractivity contribution < 1.29 is 28.9 Å². The molecule has 0 radical (unpaired) electrons. The van der Waals surface area contributed by atoms with Gasteiger partial charge in [0.25, 0.3) is 5.78 Å². The second-order valence-electron chi connectivity index (χ2n) is 11.2. The fourth-order valence-corrected chi connectivity index (χ4v) is 7.38. The molecule has 11 heteroatoms. The molecular formula is C35H35N3O6S2. The van der Waals surface area contributed by atoms with Gasteiger partial charge in [-0.05, 0) is 74.2 Å². The summed E-state index contributed by atoms with van der Waals surface area (Å²) in [5.74, 6) is 0.596. The molecular weight excluding hydrogens is 623 g/mol. The summed E-state index contributed by atoms with van der Waals surface area (Å²) >= 11 is 2.73. The van der Waals surface area contributed by atoms with E-state index in [1.165, 1.54) is 33.6 Å². The van der Waals surface area contributed by atoms with Gasteiger partial charge < -0.3 is 19.3 Å². The molecule has 46 heavy (non-hydrogen) atoms. The van der Waals surface area contributed by atoms with E-state index in [9.17, 15) is 14.7 Å². The Kier molecular flexibility index (Phi) is 9.32. The predicted octanol–water partition coefficient (Wildman–Crippen LogP) is 7.28. The monoisotopic (exact) mass is 657 g/mol. The second kappa shape index (κ2) is 13.6. The highest BCUT2D eigenvalue weighted by atomic mass is 32.2. The van der Waals surface area contributed by atoms with E-state index in [2.05, 4.69) is 34.5 Å². The van der Waals surface area contributed by atoms with E-state index in [4.69, 9.17) is 14.2 Å². The van der Waals surface area contributed by atoms with Crippen LogP contribution in [0.2, 0.25) is 0 Å². The van der Waals surface area contributed by atoms with Crippen LogP contribution in [0, 0.1) is 6.92 Å². The number of hydrogen-bond acceptors (Lipinski definition) is 10. The van der Waals surface area contributed by atoms with Crippen LogP contribution < -0.4 is 19.1 Å². The van der Waals surface area contributed by atoms with Crippen molar-refractivity contribution in [1.82, 2.24) is 10.2 Å². The number of aliphatic hydroxyl groups excluding tert-OH is 1. The Hall–Kier alpha value is -4.35. The molecule has 2 aliphatic rings. The number of aromatic nitrogens is 2.